The third-order valence-electron chi connectivity index (χ3n) is 7.78. The number of halogens is 1. The summed E-state index contributed by atoms with van der Waals surface area (Å²) in [6.45, 7) is 7.90. The molecule has 2 aromatic carbocycles. The van der Waals surface area contributed by atoms with Gasteiger partial charge >= 0.3 is 5.97 Å². The first kappa shape index (κ1) is 24.6. The first-order valence-corrected chi connectivity index (χ1v) is 12.5. The molecule has 2 aliphatic rings. The van der Waals surface area contributed by atoms with Gasteiger partial charge < -0.3 is 19.8 Å². The Kier molecular flexibility index (Phi) is 7.54. The maximum absolute atomic E-state index is 11.8. The SMILES string of the molecule is C=CC[C@@H](O)[C@@]1(C)CC[C@@H]1CN1CCCCc2cc(Cl)ccc2COc2ccc(C(=O)O)cc21. The molecule has 2 N–H and O–H groups in total. The highest BCUT2D eigenvalue weighted by molar-refractivity contribution is 6.30. The summed E-state index contributed by atoms with van der Waals surface area (Å²) in [5, 5.41) is 21.1. The number of aliphatic hydroxyl groups excluding tert-OH is 1. The lowest BCUT2D eigenvalue weighted by atomic mass is 9.57. The van der Waals surface area contributed by atoms with Gasteiger partial charge in [0.05, 0.1) is 17.4 Å². The van der Waals surface area contributed by atoms with Crippen molar-refractivity contribution in [2.75, 3.05) is 18.0 Å². The number of fused-ring (bicyclic) bond motifs is 2. The van der Waals surface area contributed by atoms with E-state index in [1.54, 1.807) is 24.3 Å². The lowest BCUT2D eigenvalue weighted by Crippen LogP contribution is -2.51. The Bertz CT molecular complexity index is 1050. The predicted octanol–water partition coefficient (Wildman–Crippen LogP) is 6.11. The zero-order valence-corrected chi connectivity index (χ0v) is 20.6. The second-order valence-electron chi connectivity index (χ2n) is 9.87. The minimum Gasteiger partial charge on any atom is -0.487 e. The van der Waals surface area contributed by atoms with Crippen molar-refractivity contribution in [1.29, 1.82) is 0 Å². The number of anilines is 1. The molecule has 1 aliphatic carbocycles. The Morgan fingerprint density at radius 2 is 2.12 bits per heavy atom. The van der Waals surface area contributed by atoms with Crippen LogP contribution in [0.25, 0.3) is 0 Å². The molecule has 1 aliphatic heterocycles. The lowest BCUT2D eigenvalue weighted by Gasteiger charge is -2.52. The minimum atomic E-state index is -0.952. The van der Waals surface area contributed by atoms with E-state index in [1.807, 2.05) is 18.2 Å². The Balaban J connectivity index is 1.65. The molecule has 2 aromatic rings. The smallest absolute Gasteiger partial charge is 0.335 e. The summed E-state index contributed by atoms with van der Waals surface area (Å²) in [5.41, 5.74) is 3.19. The highest BCUT2D eigenvalue weighted by atomic mass is 35.5. The number of aryl methyl sites for hydroxylation is 1. The molecule has 34 heavy (non-hydrogen) atoms. The Morgan fingerprint density at radius 3 is 2.82 bits per heavy atom. The highest BCUT2D eigenvalue weighted by Crippen LogP contribution is 2.51. The summed E-state index contributed by atoms with van der Waals surface area (Å²) in [6.07, 6.45) is 6.84. The van der Waals surface area contributed by atoms with Crippen molar-refractivity contribution in [2.24, 2.45) is 11.3 Å². The van der Waals surface area contributed by atoms with Crippen LogP contribution in [0.2, 0.25) is 5.02 Å². The molecule has 1 fully saturated rings. The first-order valence-electron chi connectivity index (χ1n) is 12.1. The topological polar surface area (TPSA) is 70.0 Å². The summed E-state index contributed by atoms with van der Waals surface area (Å²) < 4.78 is 6.28. The molecule has 0 unspecified atom stereocenters. The number of carbonyl (C=O) groups is 1. The summed E-state index contributed by atoms with van der Waals surface area (Å²) in [4.78, 5) is 14.0. The molecule has 182 valence electrons. The second kappa shape index (κ2) is 10.4. The number of hydrogen-bond acceptors (Lipinski definition) is 4. The maximum atomic E-state index is 11.8. The first-order chi connectivity index (χ1) is 16.3. The Hall–Kier alpha value is -2.50. The number of hydrogen-bond donors (Lipinski definition) is 2. The predicted molar refractivity (Wildman–Crippen MR) is 136 cm³/mol. The molecule has 1 heterocycles. The van der Waals surface area contributed by atoms with Crippen molar-refractivity contribution in [3.63, 3.8) is 0 Å². The van der Waals surface area contributed by atoms with E-state index in [-0.39, 0.29) is 11.0 Å². The van der Waals surface area contributed by atoms with Gasteiger partial charge in [0, 0.05) is 18.1 Å². The average molecular weight is 484 g/mol. The molecule has 5 nitrogen and oxygen atoms in total. The molecule has 0 radical (unpaired) electrons. The summed E-state index contributed by atoms with van der Waals surface area (Å²) in [7, 11) is 0. The van der Waals surface area contributed by atoms with E-state index in [2.05, 4.69) is 18.4 Å². The molecule has 0 aromatic heterocycles. The second-order valence-corrected chi connectivity index (χ2v) is 10.3. The van der Waals surface area contributed by atoms with Crippen LogP contribution in [0.15, 0.2) is 49.1 Å². The van der Waals surface area contributed by atoms with Crippen molar-refractivity contribution in [2.45, 2.75) is 58.2 Å². The van der Waals surface area contributed by atoms with Crippen LogP contribution in [-0.2, 0) is 13.0 Å². The number of benzene rings is 2. The number of aromatic carboxylic acids is 1. The third kappa shape index (κ3) is 5.11. The Morgan fingerprint density at radius 1 is 1.29 bits per heavy atom. The van der Waals surface area contributed by atoms with E-state index in [0.29, 0.717) is 24.7 Å². The molecule has 0 amide bonds. The molecule has 0 spiro atoms. The van der Waals surface area contributed by atoms with Crippen LogP contribution in [0.5, 0.6) is 5.75 Å². The van der Waals surface area contributed by atoms with Crippen LogP contribution >= 0.6 is 11.6 Å². The monoisotopic (exact) mass is 483 g/mol. The van der Waals surface area contributed by atoms with Crippen molar-refractivity contribution in [1.82, 2.24) is 0 Å². The zero-order valence-electron chi connectivity index (χ0n) is 19.8. The molecule has 0 saturated heterocycles. The van der Waals surface area contributed by atoms with Gasteiger partial charge in [-0.25, -0.2) is 4.79 Å². The number of nitrogens with zero attached hydrogens (tertiary/aromatic N) is 1. The average Bonchev–Trinajstić information content (AvgIpc) is 2.84. The van der Waals surface area contributed by atoms with Gasteiger partial charge in [0.15, 0.2) is 0 Å². The molecule has 1 saturated carbocycles. The number of carboxylic acid groups (broad SMARTS) is 1. The molecule has 6 heteroatoms. The van der Waals surface area contributed by atoms with Gasteiger partial charge in [-0.05, 0) is 91.3 Å². The van der Waals surface area contributed by atoms with Gasteiger partial charge in [0.25, 0.3) is 0 Å². The number of ether oxygens (including phenoxy) is 1. The maximum Gasteiger partial charge on any atom is 0.335 e. The summed E-state index contributed by atoms with van der Waals surface area (Å²) >= 11 is 6.25. The number of rotatable bonds is 6. The van der Waals surface area contributed by atoms with Gasteiger partial charge in [0.2, 0.25) is 0 Å². The van der Waals surface area contributed by atoms with Gasteiger partial charge in [-0.2, -0.15) is 0 Å². The summed E-state index contributed by atoms with van der Waals surface area (Å²) in [5.74, 6) is 0.0392. The van der Waals surface area contributed by atoms with Crippen LogP contribution < -0.4 is 9.64 Å². The van der Waals surface area contributed by atoms with Crippen LogP contribution in [-0.4, -0.2) is 35.4 Å². The lowest BCUT2D eigenvalue weighted by molar-refractivity contribution is -0.0693. The highest BCUT2D eigenvalue weighted by Gasteiger charge is 2.47. The molecule has 0 bridgehead atoms. The van der Waals surface area contributed by atoms with Gasteiger partial charge in [-0.15, -0.1) is 6.58 Å². The molecular formula is C28H34ClNO4. The van der Waals surface area contributed by atoms with Gasteiger partial charge in [-0.3, -0.25) is 0 Å². The van der Waals surface area contributed by atoms with E-state index in [1.165, 1.54) is 5.56 Å². The van der Waals surface area contributed by atoms with Crippen molar-refractivity contribution >= 4 is 23.3 Å². The molecular weight excluding hydrogens is 450 g/mol. The third-order valence-corrected chi connectivity index (χ3v) is 8.01. The van der Waals surface area contributed by atoms with Crippen molar-refractivity contribution in [3.05, 3.63) is 70.8 Å². The zero-order chi connectivity index (χ0) is 24.3. The fourth-order valence-electron chi connectivity index (χ4n) is 5.31. The quantitative estimate of drug-likeness (QED) is 0.485. The minimum absolute atomic E-state index is 0.168. The molecule has 4 rings (SSSR count). The fraction of sp³-hybridized carbons (Fsp3) is 0.464. The van der Waals surface area contributed by atoms with Crippen LogP contribution in [0.3, 0.4) is 0 Å². The van der Waals surface area contributed by atoms with E-state index >= 15 is 0 Å². The summed E-state index contributed by atoms with van der Waals surface area (Å²) in [6, 6.07) is 11.0. The number of aliphatic hydroxyl groups is 1. The van der Waals surface area contributed by atoms with Crippen LogP contribution in [0, 0.1) is 11.3 Å². The molecule has 3 atom stereocenters. The number of carboxylic acids is 1. The fourth-order valence-corrected chi connectivity index (χ4v) is 5.50. The van der Waals surface area contributed by atoms with Crippen molar-refractivity contribution in [3.8, 4) is 5.75 Å². The van der Waals surface area contributed by atoms with Crippen LogP contribution in [0.4, 0.5) is 5.69 Å². The Labute approximate surface area is 207 Å². The van der Waals surface area contributed by atoms with E-state index in [4.69, 9.17) is 16.3 Å². The van der Waals surface area contributed by atoms with E-state index < -0.39 is 12.1 Å². The normalized spacial score (nSPS) is 23.4. The van der Waals surface area contributed by atoms with Gasteiger partial charge in [0.1, 0.15) is 12.4 Å². The van der Waals surface area contributed by atoms with Crippen molar-refractivity contribution < 1.29 is 19.7 Å². The van der Waals surface area contributed by atoms with E-state index in [0.717, 1.165) is 61.5 Å². The largest absolute Gasteiger partial charge is 0.487 e. The van der Waals surface area contributed by atoms with Crippen LogP contribution in [0.1, 0.15) is 60.5 Å². The van der Waals surface area contributed by atoms with E-state index in [9.17, 15) is 15.0 Å². The standard InChI is InChI=1S/C28H34ClNO4/c1-3-6-26(31)28(2)13-12-22(28)17-30-14-5-4-7-19-15-23(29)10-8-21(19)18-34-25-11-9-20(27(32)33)16-24(25)30/h3,8-11,15-16,22,26,31H,1,4-7,12-14,17-18H2,2H3,(H,32,33)/t22-,26-,28+/m1/s1. The van der Waals surface area contributed by atoms with Gasteiger partial charge in [-0.1, -0.05) is 30.7 Å².